The lowest BCUT2D eigenvalue weighted by molar-refractivity contribution is 0.211. The van der Waals surface area contributed by atoms with Gasteiger partial charge in [-0.3, -0.25) is 4.90 Å². The first kappa shape index (κ1) is 16.7. The molecule has 0 aliphatic carbocycles. The van der Waals surface area contributed by atoms with E-state index in [1.54, 1.807) is 14.2 Å². The summed E-state index contributed by atoms with van der Waals surface area (Å²) >= 11 is 0. The fourth-order valence-corrected chi connectivity index (χ4v) is 3.21. The molecule has 1 aliphatic heterocycles. The summed E-state index contributed by atoms with van der Waals surface area (Å²) in [5, 5.41) is 3.63. The van der Waals surface area contributed by atoms with Gasteiger partial charge < -0.3 is 14.8 Å². The lowest BCUT2D eigenvalue weighted by Gasteiger charge is -2.33. The molecule has 0 aromatic heterocycles. The number of nitrogens with one attached hydrogen (secondary N) is 1. The van der Waals surface area contributed by atoms with E-state index in [1.807, 2.05) is 18.2 Å². The van der Waals surface area contributed by atoms with Crippen LogP contribution in [0.1, 0.15) is 18.4 Å². The third-order valence-electron chi connectivity index (χ3n) is 4.60. The van der Waals surface area contributed by atoms with Gasteiger partial charge in [0.05, 0.1) is 19.9 Å². The van der Waals surface area contributed by atoms with E-state index in [-0.39, 0.29) is 0 Å². The average Bonchev–Trinajstić information content (AvgIpc) is 2.64. The van der Waals surface area contributed by atoms with Crippen LogP contribution in [-0.4, -0.2) is 38.3 Å². The molecular formula is C20H26N2O2. The summed E-state index contributed by atoms with van der Waals surface area (Å²) in [6, 6.07) is 17.1. The van der Waals surface area contributed by atoms with Crippen LogP contribution >= 0.6 is 0 Å². The maximum atomic E-state index is 5.48. The lowest BCUT2D eigenvalue weighted by atomic mass is 10.0. The summed E-state index contributed by atoms with van der Waals surface area (Å²) in [5.74, 6) is 1.65. The van der Waals surface area contributed by atoms with Gasteiger partial charge in [0, 0.05) is 31.7 Å². The summed E-state index contributed by atoms with van der Waals surface area (Å²) in [6.45, 7) is 3.27. The van der Waals surface area contributed by atoms with Crippen molar-refractivity contribution in [3.05, 3.63) is 54.1 Å². The minimum atomic E-state index is 0.485. The second-order valence-electron chi connectivity index (χ2n) is 6.25. The Morgan fingerprint density at radius 2 is 1.75 bits per heavy atom. The summed E-state index contributed by atoms with van der Waals surface area (Å²) in [5.41, 5.74) is 2.43. The number of benzene rings is 2. The van der Waals surface area contributed by atoms with Gasteiger partial charge in [0.2, 0.25) is 0 Å². The van der Waals surface area contributed by atoms with E-state index in [4.69, 9.17) is 9.47 Å². The molecule has 0 unspecified atom stereocenters. The van der Waals surface area contributed by atoms with Crippen LogP contribution in [0.25, 0.3) is 0 Å². The fraction of sp³-hybridized carbons (Fsp3) is 0.400. The number of ether oxygens (including phenoxy) is 2. The zero-order valence-corrected chi connectivity index (χ0v) is 14.5. The zero-order valence-electron chi connectivity index (χ0n) is 14.5. The van der Waals surface area contributed by atoms with E-state index in [1.165, 1.54) is 5.56 Å². The van der Waals surface area contributed by atoms with Crippen molar-refractivity contribution < 1.29 is 9.47 Å². The van der Waals surface area contributed by atoms with E-state index in [2.05, 4.69) is 40.5 Å². The summed E-state index contributed by atoms with van der Waals surface area (Å²) in [6.07, 6.45) is 2.28. The van der Waals surface area contributed by atoms with Crippen LogP contribution < -0.4 is 14.8 Å². The van der Waals surface area contributed by atoms with E-state index in [9.17, 15) is 0 Å². The molecule has 0 atom stereocenters. The van der Waals surface area contributed by atoms with Crippen LogP contribution in [0.4, 0.5) is 5.69 Å². The Morgan fingerprint density at radius 1 is 1.00 bits per heavy atom. The third-order valence-corrected chi connectivity index (χ3v) is 4.60. The smallest absolute Gasteiger partial charge is 0.145 e. The van der Waals surface area contributed by atoms with Crippen LogP contribution in [-0.2, 0) is 6.54 Å². The molecule has 24 heavy (non-hydrogen) atoms. The number of anilines is 1. The molecule has 1 N–H and O–H groups in total. The van der Waals surface area contributed by atoms with Crippen molar-refractivity contribution >= 4 is 5.69 Å². The first-order chi connectivity index (χ1) is 11.8. The molecule has 4 nitrogen and oxygen atoms in total. The minimum Gasteiger partial charge on any atom is -0.497 e. The first-order valence-electron chi connectivity index (χ1n) is 8.53. The lowest BCUT2D eigenvalue weighted by Crippen LogP contribution is -2.38. The molecule has 4 heteroatoms. The number of rotatable bonds is 6. The second-order valence-corrected chi connectivity index (χ2v) is 6.25. The van der Waals surface area contributed by atoms with E-state index in [0.717, 1.165) is 49.7 Å². The number of hydrogen-bond donors (Lipinski definition) is 1. The fourth-order valence-electron chi connectivity index (χ4n) is 3.21. The Balaban J connectivity index is 1.54. The largest absolute Gasteiger partial charge is 0.497 e. The van der Waals surface area contributed by atoms with Crippen LogP contribution in [0.2, 0.25) is 0 Å². The van der Waals surface area contributed by atoms with E-state index < -0.39 is 0 Å². The molecule has 1 fully saturated rings. The van der Waals surface area contributed by atoms with Crippen molar-refractivity contribution in [2.75, 3.05) is 32.6 Å². The number of hydrogen-bond acceptors (Lipinski definition) is 4. The van der Waals surface area contributed by atoms with Gasteiger partial charge >= 0.3 is 0 Å². The van der Waals surface area contributed by atoms with Gasteiger partial charge in [-0.1, -0.05) is 30.3 Å². The standard InChI is InChI=1S/C20H26N2O2/c1-23-18-8-9-19(20(14-18)24-2)21-17-10-12-22(13-11-17)15-16-6-4-3-5-7-16/h3-9,14,17,21H,10-13,15H2,1-2H3. The normalized spacial score (nSPS) is 15.9. The molecule has 128 valence electrons. The molecule has 0 bridgehead atoms. The molecule has 3 rings (SSSR count). The maximum absolute atomic E-state index is 5.48. The molecule has 0 saturated carbocycles. The summed E-state index contributed by atoms with van der Waals surface area (Å²) in [7, 11) is 3.37. The quantitative estimate of drug-likeness (QED) is 0.876. The first-order valence-corrected chi connectivity index (χ1v) is 8.53. The number of methoxy groups -OCH3 is 2. The third kappa shape index (κ3) is 4.20. The molecule has 1 aliphatic rings. The Morgan fingerprint density at radius 3 is 2.42 bits per heavy atom. The topological polar surface area (TPSA) is 33.7 Å². The van der Waals surface area contributed by atoms with E-state index >= 15 is 0 Å². The van der Waals surface area contributed by atoms with Crippen molar-refractivity contribution in [3.8, 4) is 11.5 Å². The molecule has 0 spiro atoms. The number of piperidine rings is 1. The predicted molar refractivity (Wildman–Crippen MR) is 97.9 cm³/mol. The van der Waals surface area contributed by atoms with Gasteiger partial charge in [0.25, 0.3) is 0 Å². The Labute approximate surface area is 144 Å². The predicted octanol–water partition coefficient (Wildman–Crippen LogP) is 3.78. The Hall–Kier alpha value is -2.20. The monoisotopic (exact) mass is 326 g/mol. The van der Waals surface area contributed by atoms with Crippen LogP contribution in [0, 0.1) is 0 Å². The van der Waals surface area contributed by atoms with Crippen LogP contribution in [0.5, 0.6) is 11.5 Å². The van der Waals surface area contributed by atoms with Gasteiger partial charge in [-0.25, -0.2) is 0 Å². The van der Waals surface area contributed by atoms with Crippen LogP contribution in [0.15, 0.2) is 48.5 Å². The van der Waals surface area contributed by atoms with Gasteiger partial charge in [-0.2, -0.15) is 0 Å². The van der Waals surface area contributed by atoms with Crippen LogP contribution in [0.3, 0.4) is 0 Å². The molecule has 0 amide bonds. The summed E-state index contributed by atoms with van der Waals surface area (Å²) in [4.78, 5) is 2.53. The molecule has 1 saturated heterocycles. The highest BCUT2D eigenvalue weighted by molar-refractivity contribution is 5.59. The molecular weight excluding hydrogens is 300 g/mol. The maximum Gasteiger partial charge on any atom is 0.145 e. The van der Waals surface area contributed by atoms with Gasteiger partial charge in [0.15, 0.2) is 0 Å². The minimum absolute atomic E-state index is 0.485. The second kappa shape index (κ2) is 8.06. The Bertz CT molecular complexity index is 637. The van der Waals surface area contributed by atoms with Crippen molar-refractivity contribution in [2.24, 2.45) is 0 Å². The molecule has 2 aromatic rings. The van der Waals surface area contributed by atoms with Gasteiger partial charge in [0.1, 0.15) is 11.5 Å². The molecule has 2 aromatic carbocycles. The van der Waals surface area contributed by atoms with Crippen molar-refractivity contribution in [2.45, 2.75) is 25.4 Å². The SMILES string of the molecule is COc1ccc(NC2CCN(Cc3ccccc3)CC2)c(OC)c1. The zero-order chi connectivity index (χ0) is 16.8. The highest BCUT2D eigenvalue weighted by Crippen LogP contribution is 2.30. The average molecular weight is 326 g/mol. The van der Waals surface area contributed by atoms with E-state index in [0.29, 0.717) is 6.04 Å². The summed E-state index contributed by atoms with van der Waals surface area (Å²) < 4.78 is 10.7. The molecule has 1 heterocycles. The van der Waals surface area contributed by atoms with Gasteiger partial charge in [-0.15, -0.1) is 0 Å². The number of likely N-dealkylation sites (tertiary alicyclic amines) is 1. The molecule has 0 radical (unpaired) electrons. The highest BCUT2D eigenvalue weighted by atomic mass is 16.5. The highest BCUT2D eigenvalue weighted by Gasteiger charge is 2.20. The van der Waals surface area contributed by atoms with Crippen molar-refractivity contribution in [3.63, 3.8) is 0 Å². The van der Waals surface area contributed by atoms with Crippen molar-refractivity contribution in [1.29, 1.82) is 0 Å². The number of nitrogens with zero attached hydrogens (tertiary/aromatic N) is 1. The van der Waals surface area contributed by atoms with Gasteiger partial charge in [-0.05, 0) is 30.5 Å². The Kier molecular flexibility index (Phi) is 5.59. The van der Waals surface area contributed by atoms with Crippen molar-refractivity contribution in [1.82, 2.24) is 4.90 Å².